The first-order chi connectivity index (χ1) is 9.49. The molecule has 0 radical (unpaired) electrons. The summed E-state index contributed by atoms with van der Waals surface area (Å²) in [6, 6.07) is 7.44. The molecule has 1 unspecified atom stereocenters. The standard InChI is InChI=1S/C15H12O5/c1-7-5-8-12(11(18)6-7)15(19)20-14(8)13-9(16)3-2-4-10(13)17/h2-6,14,16-18H,1H3. The largest absolute Gasteiger partial charge is 0.507 e. The fraction of sp³-hybridized carbons (Fsp3) is 0.133. The van der Waals surface area contributed by atoms with E-state index in [1.54, 1.807) is 13.0 Å². The number of esters is 1. The van der Waals surface area contributed by atoms with Gasteiger partial charge in [0.1, 0.15) is 22.8 Å². The maximum atomic E-state index is 11.9. The smallest absolute Gasteiger partial charge is 0.343 e. The van der Waals surface area contributed by atoms with Crippen molar-refractivity contribution in [1.29, 1.82) is 0 Å². The summed E-state index contributed by atoms with van der Waals surface area (Å²) in [5.41, 5.74) is 1.37. The molecule has 0 saturated heterocycles. The third kappa shape index (κ3) is 1.67. The van der Waals surface area contributed by atoms with Crippen LogP contribution in [0.2, 0.25) is 0 Å². The Bertz CT molecular complexity index is 700. The van der Waals surface area contributed by atoms with Crippen LogP contribution in [0.1, 0.15) is 33.2 Å². The topological polar surface area (TPSA) is 87.0 Å². The zero-order chi connectivity index (χ0) is 14.4. The first-order valence-corrected chi connectivity index (χ1v) is 6.04. The minimum absolute atomic E-state index is 0.0725. The molecule has 0 aromatic heterocycles. The molecule has 1 aliphatic rings. The van der Waals surface area contributed by atoms with Gasteiger partial charge in [0.05, 0.1) is 5.56 Å². The van der Waals surface area contributed by atoms with Crippen molar-refractivity contribution in [3.63, 3.8) is 0 Å². The van der Waals surface area contributed by atoms with Crippen molar-refractivity contribution in [2.75, 3.05) is 0 Å². The molecular formula is C15H12O5. The van der Waals surface area contributed by atoms with E-state index in [0.717, 1.165) is 5.56 Å². The van der Waals surface area contributed by atoms with Crippen LogP contribution in [0.25, 0.3) is 0 Å². The molecule has 1 aliphatic heterocycles. The summed E-state index contributed by atoms with van der Waals surface area (Å²) >= 11 is 0. The molecule has 0 saturated carbocycles. The lowest BCUT2D eigenvalue weighted by molar-refractivity contribution is 0.0448. The Balaban J connectivity index is 2.24. The number of benzene rings is 2. The van der Waals surface area contributed by atoms with E-state index in [1.165, 1.54) is 24.3 Å². The highest BCUT2D eigenvalue weighted by atomic mass is 16.6. The van der Waals surface area contributed by atoms with E-state index in [4.69, 9.17) is 4.74 Å². The Morgan fingerprint density at radius 1 is 1.05 bits per heavy atom. The summed E-state index contributed by atoms with van der Waals surface area (Å²) < 4.78 is 5.20. The van der Waals surface area contributed by atoms with E-state index < -0.39 is 12.1 Å². The van der Waals surface area contributed by atoms with E-state index in [9.17, 15) is 20.1 Å². The lowest BCUT2D eigenvalue weighted by Crippen LogP contribution is -2.01. The van der Waals surface area contributed by atoms with Gasteiger partial charge >= 0.3 is 5.97 Å². The number of phenols is 3. The first kappa shape index (κ1) is 12.3. The third-order valence-corrected chi connectivity index (χ3v) is 3.33. The Hall–Kier alpha value is -2.69. The summed E-state index contributed by atoms with van der Waals surface area (Å²) in [6.07, 6.45) is -0.926. The van der Waals surface area contributed by atoms with E-state index in [1.807, 2.05) is 0 Å². The minimum atomic E-state index is -0.926. The van der Waals surface area contributed by atoms with Gasteiger partial charge in [-0.2, -0.15) is 0 Å². The number of fused-ring (bicyclic) bond motifs is 1. The molecule has 2 aromatic rings. The summed E-state index contributed by atoms with van der Waals surface area (Å²) in [6.45, 7) is 1.77. The van der Waals surface area contributed by atoms with Gasteiger partial charge in [0.25, 0.3) is 0 Å². The molecule has 0 bridgehead atoms. The van der Waals surface area contributed by atoms with Crippen LogP contribution in [0.3, 0.4) is 0 Å². The number of aromatic hydroxyl groups is 3. The Morgan fingerprint density at radius 2 is 1.70 bits per heavy atom. The first-order valence-electron chi connectivity index (χ1n) is 6.04. The van der Waals surface area contributed by atoms with E-state index in [0.29, 0.717) is 5.56 Å². The molecule has 102 valence electrons. The maximum Gasteiger partial charge on any atom is 0.343 e. The fourth-order valence-electron chi connectivity index (χ4n) is 2.48. The van der Waals surface area contributed by atoms with Gasteiger partial charge in [0, 0.05) is 5.56 Å². The number of carbonyl (C=O) groups excluding carboxylic acids is 1. The molecule has 0 amide bonds. The lowest BCUT2D eigenvalue weighted by Gasteiger charge is -2.14. The zero-order valence-corrected chi connectivity index (χ0v) is 10.6. The van der Waals surface area contributed by atoms with E-state index in [2.05, 4.69) is 0 Å². The van der Waals surface area contributed by atoms with Crippen molar-refractivity contribution >= 4 is 5.97 Å². The highest BCUT2D eigenvalue weighted by molar-refractivity contribution is 5.97. The highest BCUT2D eigenvalue weighted by Gasteiger charge is 2.37. The van der Waals surface area contributed by atoms with Crippen LogP contribution in [-0.4, -0.2) is 21.3 Å². The van der Waals surface area contributed by atoms with Crippen molar-refractivity contribution in [3.8, 4) is 17.2 Å². The molecular weight excluding hydrogens is 260 g/mol. The Labute approximate surface area is 114 Å². The van der Waals surface area contributed by atoms with Crippen molar-refractivity contribution in [2.45, 2.75) is 13.0 Å². The highest BCUT2D eigenvalue weighted by Crippen LogP contribution is 2.45. The minimum Gasteiger partial charge on any atom is -0.507 e. The van der Waals surface area contributed by atoms with Crippen LogP contribution < -0.4 is 0 Å². The average Bonchev–Trinajstić information content (AvgIpc) is 2.66. The van der Waals surface area contributed by atoms with Crippen LogP contribution in [-0.2, 0) is 4.74 Å². The van der Waals surface area contributed by atoms with Crippen molar-refractivity contribution in [1.82, 2.24) is 0 Å². The number of carbonyl (C=O) groups is 1. The van der Waals surface area contributed by atoms with E-state index in [-0.39, 0.29) is 28.4 Å². The average molecular weight is 272 g/mol. The number of rotatable bonds is 1. The number of cyclic esters (lactones) is 1. The monoisotopic (exact) mass is 272 g/mol. The van der Waals surface area contributed by atoms with Crippen LogP contribution in [0.5, 0.6) is 17.2 Å². The molecule has 3 rings (SSSR count). The molecule has 5 nitrogen and oxygen atoms in total. The van der Waals surface area contributed by atoms with Gasteiger partial charge in [-0.05, 0) is 30.7 Å². The van der Waals surface area contributed by atoms with Crippen molar-refractivity contribution < 1.29 is 24.9 Å². The molecule has 0 spiro atoms. The van der Waals surface area contributed by atoms with Gasteiger partial charge in [0.15, 0.2) is 6.10 Å². The Morgan fingerprint density at radius 3 is 2.35 bits per heavy atom. The second-order valence-electron chi connectivity index (χ2n) is 4.74. The summed E-state index contributed by atoms with van der Waals surface area (Å²) in [5, 5.41) is 29.6. The second kappa shape index (κ2) is 4.16. The summed E-state index contributed by atoms with van der Waals surface area (Å²) in [5.74, 6) is -1.18. The van der Waals surface area contributed by atoms with Gasteiger partial charge in [-0.25, -0.2) is 4.79 Å². The maximum absolute atomic E-state index is 11.9. The lowest BCUT2D eigenvalue weighted by atomic mass is 9.95. The van der Waals surface area contributed by atoms with Gasteiger partial charge in [-0.1, -0.05) is 12.1 Å². The molecule has 1 heterocycles. The predicted molar refractivity (Wildman–Crippen MR) is 69.9 cm³/mol. The molecule has 3 N–H and O–H groups in total. The molecule has 2 aromatic carbocycles. The predicted octanol–water partition coefficient (Wildman–Crippen LogP) is 2.37. The van der Waals surface area contributed by atoms with E-state index >= 15 is 0 Å². The number of aryl methyl sites for hydroxylation is 1. The second-order valence-corrected chi connectivity index (χ2v) is 4.74. The normalized spacial score (nSPS) is 16.9. The van der Waals surface area contributed by atoms with Crippen LogP contribution in [0.15, 0.2) is 30.3 Å². The molecule has 20 heavy (non-hydrogen) atoms. The fourth-order valence-corrected chi connectivity index (χ4v) is 2.48. The zero-order valence-electron chi connectivity index (χ0n) is 10.6. The molecule has 0 fully saturated rings. The summed E-state index contributed by atoms with van der Waals surface area (Å²) in [4.78, 5) is 11.9. The van der Waals surface area contributed by atoms with Crippen LogP contribution in [0, 0.1) is 6.92 Å². The van der Waals surface area contributed by atoms with Crippen molar-refractivity contribution in [3.05, 3.63) is 52.6 Å². The van der Waals surface area contributed by atoms with Gasteiger partial charge < -0.3 is 20.1 Å². The molecule has 1 atom stereocenters. The van der Waals surface area contributed by atoms with Crippen LogP contribution >= 0.6 is 0 Å². The Kier molecular flexibility index (Phi) is 2.57. The van der Waals surface area contributed by atoms with Gasteiger partial charge in [-0.15, -0.1) is 0 Å². The molecule has 5 heteroatoms. The quantitative estimate of drug-likeness (QED) is 0.694. The number of ether oxygens (including phenoxy) is 1. The van der Waals surface area contributed by atoms with Crippen molar-refractivity contribution in [2.24, 2.45) is 0 Å². The number of hydrogen-bond acceptors (Lipinski definition) is 5. The number of phenolic OH excluding ortho intramolecular Hbond substituents is 3. The third-order valence-electron chi connectivity index (χ3n) is 3.33. The number of hydrogen-bond donors (Lipinski definition) is 3. The molecule has 0 aliphatic carbocycles. The SMILES string of the molecule is Cc1cc(O)c2c(c1)C(c1c(O)cccc1O)OC2=O. The summed E-state index contributed by atoms with van der Waals surface area (Å²) in [7, 11) is 0. The van der Waals surface area contributed by atoms with Crippen LogP contribution in [0.4, 0.5) is 0 Å². The van der Waals surface area contributed by atoms with Gasteiger partial charge in [0.2, 0.25) is 0 Å². The van der Waals surface area contributed by atoms with Gasteiger partial charge in [-0.3, -0.25) is 0 Å².